The summed E-state index contributed by atoms with van der Waals surface area (Å²) in [5.74, 6) is 2.10. The third-order valence-corrected chi connectivity index (χ3v) is 11.5. The number of ether oxygens (including phenoxy) is 2. The lowest BCUT2D eigenvalue weighted by Crippen LogP contribution is -2.44. The van der Waals surface area contributed by atoms with Crippen LogP contribution in [0.3, 0.4) is 0 Å². The van der Waals surface area contributed by atoms with Gasteiger partial charge in [-0.3, -0.25) is 0 Å². The van der Waals surface area contributed by atoms with Crippen molar-refractivity contribution in [2.24, 2.45) is 0 Å². The Morgan fingerprint density at radius 1 is 0.933 bits per heavy atom. The molecule has 1 N–H and O–H groups in total. The Kier molecular flexibility index (Phi) is 5.92. The highest BCUT2D eigenvalue weighted by molar-refractivity contribution is 7.18. The van der Waals surface area contributed by atoms with E-state index in [1.165, 1.54) is 11.3 Å². The number of fused-ring (bicyclic) bond motifs is 1. The summed E-state index contributed by atoms with van der Waals surface area (Å²) >= 11 is 1.45. The number of aliphatic hydroxyl groups is 1. The van der Waals surface area contributed by atoms with E-state index in [0.717, 1.165) is 16.0 Å². The molecule has 7 heteroatoms. The van der Waals surface area contributed by atoms with Gasteiger partial charge in [0, 0.05) is 5.56 Å². The Hall–Kier alpha value is -2.09. The lowest BCUT2D eigenvalue weighted by atomic mass is 9.95. The smallest absolute Gasteiger partial charge is 0.250 e. The van der Waals surface area contributed by atoms with Gasteiger partial charge in [-0.15, -0.1) is 11.3 Å². The number of nitrogens with zero attached hydrogens (tertiary/aromatic N) is 1. The van der Waals surface area contributed by atoms with Crippen molar-refractivity contribution in [1.82, 2.24) is 4.98 Å². The molecule has 30 heavy (non-hydrogen) atoms. The van der Waals surface area contributed by atoms with E-state index in [9.17, 15) is 5.11 Å². The van der Waals surface area contributed by atoms with E-state index >= 15 is 0 Å². The van der Waals surface area contributed by atoms with Crippen molar-refractivity contribution in [1.29, 1.82) is 0 Å². The van der Waals surface area contributed by atoms with Crippen molar-refractivity contribution in [3.05, 3.63) is 47.0 Å². The number of hydrogen-bond acceptors (Lipinski definition) is 6. The first-order chi connectivity index (χ1) is 13.9. The zero-order valence-corrected chi connectivity index (χ0v) is 20.8. The Balaban J connectivity index is 2.12. The van der Waals surface area contributed by atoms with Crippen molar-refractivity contribution >= 4 is 29.9 Å². The minimum Gasteiger partial charge on any atom is -0.543 e. The van der Waals surface area contributed by atoms with Gasteiger partial charge in [0.05, 0.1) is 24.4 Å². The molecule has 0 saturated carbocycles. The largest absolute Gasteiger partial charge is 0.543 e. The van der Waals surface area contributed by atoms with Crippen LogP contribution >= 0.6 is 11.3 Å². The molecule has 2 aromatic carbocycles. The van der Waals surface area contributed by atoms with Gasteiger partial charge in [0.2, 0.25) is 8.32 Å². The van der Waals surface area contributed by atoms with Crippen LogP contribution in [0.2, 0.25) is 18.1 Å². The predicted octanol–water partition coefficient (Wildman–Crippen LogP) is 5.95. The first-order valence-corrected chi connectivity index (χ1v) is 13.7. The van der Waals surface area contributed by atoms with Gasteiger partial charge in [0.15, 0.2) is 0 Å². The van der Waals surface area contributed by atoms with Crippen LogP contribution < -0.4 is 13.9 Å². The molecule has 162 valence electrons. The molecule has 0 saturated heterocycles. The van der Waals surface area contributed by atoms with E-state index in [1.807, 2.05) is 36.4 Å². The van der Waals surface area contributed by atoms with Crippen LogP contribution in [0.4, 0.5) is 0 Å². The second-order valence-electron chi connectivity index (χ2n) is 9.15. The topological polar surface area (TPSA) is 60.8 Å². The SMILES string of the molecule is COc1ccc(O[Si](C)(C)C(C)(C)C)c(C(C)(O)c2nc3ccc(OC)cc3s2)c1. The van der Waals surface area contributed by atoms with E-state index in [-0.39, 0.29) is 5.04 Å². The second-order valence-corrected chi connectivity index (χ2v) is 14.9. The van der Waals surface area contributed by atoms with Crippen LogP contribution in [-0.2, 0) is 5.60 Å². The third-order valence-electron chi connectivity index (χ3n) is 5.89. The van der Waals surface area contributed by atoms with Crippen LogP contribution in [0.5, 0.6) is 17.2 Å². The van der Waals surface area contributed by atoms with Gasteiger partial charge in [0.25, 0.3) is 0 Å². The summed E-state index contributed by atoms with van der Waals surface area (Å²) in [6, 6.07) is 11.3. The third kappa shape index (κ3) is 4.19. The van der Waals surface area contributed by atoms with Gasteiger partial charge >= 0.3 is 0 Å². The van der Waals surface area contributed by atoms with Crippen LogP contribution in [-0.4, -0.2) is 32.6 Å². The standard InChI is InChI=1S/C23H31NO4SSi/c1-22(2,3)30(7,8)28-19-12-10-15(26-5)13-17(19)23(4,25)21-24-18-11-9-16(27-6)14-20(18)29-21/h9-14,25H,1-8H3. The number of thiazole rings is 1. The molecule has 1 heterocycles. The quantitative estimate of drug-likeness (QED) is 0.475. The summed E-state index contributed by atoms with van der Waals surface area (Å²) in [4.78, 5) is 4.71. The van der Waals surface area contributed by atoms with Crippen molar-refractivity contribution < 1.29 is 19.0 Å². The molecule has 3 aromatic rings. The fourth-order valence-electron chi connectivity index (χ4n) is 2.89. The van der Waals surface area contributed by atoms with Crippen LogP contribution in [0.1, 0.15) is 38.3 Å². The Morgan fingerprint density at radius 3 is 2.13 bits per heavy atom. The van der Waals surface area contributed by atoms with E-state index in [4.69, 9.17) is 18.9 Å². The highest BCUT2D eigenvalue weighted by atomic mass is 32.1. The normalized spacial score (nSPS) is 14.4. The predicted molar refractivity (Wildman–Crippen MR) is 126 cm³/mol. The maximum atomic E-state index is 11.7. The Morgan fingerprint density at radius 2 is 1.53 bits per heavy atom. The number of hydrogen-bond donors (Lipinski definition) is 1. The zero-order chi connectivity index (χ0) is 22.3. The molecular weight excluding hydrogens is 414 g/mol. The van der Waals surface area contributed by atoms with Crippen molar-refractivity contribution in [3.63, 3.8) is 0 Å². The summed E-state index contributed by atoms with van der Waals surface area (Å²) in [5, 5.41) is 12.3. The van der Waals surface area contributed by atoms with Gasteiger partial charge in [-0.1, -0.05) is 20.8 Å². The Labute approximate surface area is 183 Å². The lowest BCUT2D eigenvalue weighted by Gasteiger charge is -2.38. The summed E-state index contributed by atoms with van der Waals surface area (Å²) in [6.07, 6.45) is 0. The van der Waals surface area contributed by atoms with Crippen molar-refractivity contribution in [2.45, 2.75) is 51.4 Å². The van der Waals surface area contributed by atoms with Crippen LogP contribution in [0.15, 0.2) is 36.4 Å². The van der Waals surface area contributed by atoms with E-state index in [1.54, 1.807) is 21.1 Å². The van der Waals surface area contributed by atoms with E-state index in [2.05, 4.69) is 33.9 Å². The highest BCUT2D eigenvalue weighted by Gasteiger charge is 2.41. The Bertz CT molecular complexity index is 1050. The number of benzene rings is 2. The van der Waals surface area contributed by atoms with E-state index < -0.39 is 13.9 Å². The number of aromatic nitrogens is 1. The maximum Gasteiger partial charge on any atom is 0.250 e. The molecule has 5 nitrogen and oxygen atoms in total. The molecule has 0 aliphatic carbocycles. The van der Waals surface area contributed by atoms with Crippen molar-refractivity contribution in [2.75, 3.05) is 14.2 Å². The second kappa shape index (κ2) is 7.87. The molecule has 0 radical (unpaired) electrons. The van der Waals surface area contributed by atoms with Crippen molar-refractivity contribution in [3.8, 4) is 17.2 Å². The first kappa shape index (κ1) is 22.6. The molecule has 1 atom stereocenters. The number of methoxy groups -OCH3 is 2. The minimum atomic E-state index is -2.11. The number of rotatable bonds is 6. The summed E-state index contributed by atoms with van der Waals surface area (Å²) in [5.41, 5.74) is 0.131. The molecule has 0 bridgehead atoms. The molecule has 3 rings (SSSR count). The molecule has 1 unspecified atom stereocenters. The van der Waals surface area contributed by atoms with Gasteiger partial charge in [-0.2, -0.15) is 0 Å². The average Bonchev–Trinajstić information content (AvgIpc) is 3.11. The lowest BCUT2D eigenvalue weighted by molar-refractivity contribution is 0.0996. The maximum absolute atomic E-state index is 11.7. The van der Waals surface area contributed by atoms with Crippen LogP contribution in [0, 0.1) is 0 Å². The van der Waals surface area contributed by atoms with Gasteiger partial charge < -0.3 is 19.0 Å². The van der Waals surface area contributed by atoms with E-state index in [0.29, 0.717) is 22.1 Å². The fraction of sp³-hybridized carbons (Fsp3) is 0.435. The van der Waals surface area contributed by atoms with Gasteiger partial charge in [-0.25, -0.2) is 4.98 Å². The molecule has 1 aromatic heterocycles. The summed E-state index contributed by atoms with van der Waals surface area (Å²) < 4.78 is 18.3. The fourth-order valence-corrected chi connectivity index (χ4v) is 4.98. The molecule has 0 amide bonds. The molecule has 0 spiro atoms. The summed E-state index contributed by atoms with van der Waals surface area (Å²) in [6.45, 7) is 12.7. The van der Waals surface area contributed by atoms with Gasteiger partial charge in [-0.05, 0) is 61.5 Å². The van der Waals surface area contributed by atoms with Crippen LogP contribution in [0.25, 0.3) is 10.2 Å². The highest BCUT2D eigenvalue weighted by Crippen LogP contribution is 2.44. The van der Waals surface area contributed by atoms with Gasteiger partial charge in [0.1, 0.15) is 27.9 Å². The monoisotopic (exact) mass is 445 g/mol. The molecule has 0 fully saturated rings. The zero-order valence-electron chi connectivity index (χ0n) is 19.0. The molecular formula is C23H31NO4SSi. The molecule has 0 aliphatic heterocycles. The minimum absolute atomic E-state index is 0.0302. The first-order valence-electron chi connectivity index (χ1n) is 9.94. The average molecular weight is 446 g/mol. The summed E-state index contributed by atoms with van der Waals surface area (Å²) in [7, 11) is 1.14. The molecule has 0 aliphatic rings.